The maximum atomic E-state index is 6.64. The highest BCUT2D eigenvalue weighted by Gasteiger charge is 2.19. The lowest BCUT2D eigenvalue weighted by Gasteiger charge is -2.28. The van der Waals surface area contributed by atoms with E-state index in [1.54, 1.807) is 0 Å². The normalized spacial score (nSPS) is 10.7. The van der Waals surface area contributed by atoms with E-state index >= 15 is 0 Å². The second-order valence-corrected chi connectivity index (χ2v) is 7.19. The molecule has 0 amide bonds. The zero-order valence-corrected chi connectivity index (χ0v) is 17.1. The number of hydrogen-bond donors (Lipinski definition) is 2. The fraction of sp³-hybridized carbons (Fsp3) is 0.292. The van der Waals surface area contributed by atoms with Gasteiger partial charge in [-0.25, -0.2) is 4.98 Å². The van der Waals surface area contributed by atoms with Crippen molar-refractivity contribution in [3.63, 3.8) is 0 Å². The van der Waals surface area contributed by atoms with Crippen molar-refractivity contribution in [2.24, 2.45) is 0 Å². The van der Waals surface area contributed by atoms with Crippen LogP contribution in [-0.4, -0.2) is 11.5 Å². The number of hydrogen-bond acceptors (Lipinski definition) is 4. The molecule has 4 nitrogen and oxygen atoms in total. The molecule has 0 fully saturated rings. The lowest BCUT2D eigenvalue weighted by molar-refractivity contribution is 0.781. The first kappa shape index (κ1) is 19.7. The highest BCUT2D eigenvalue weighted by Crippen LogP contribution is 2.34. The molecule has 0 aliphatic carbocycles. The van der Waals surface area contributed by atoms with E-state index in [-0.39, 0.29) is 0 Å². The predicted octanol–water partition coefficient (Wildman–Crippen LogP) is 5.31. The van der Waals surface area contributed by atoms with E-state index in [2.05, 4.69) is 79.5 Å². The maximum absolute atomic E-state index is 6.64. The van der Waals surface area contributed by atoms with Gasteiger partial charge in [0.05, 0.1) is 11.4 Å². The van der Waals surface area contributed by atoms with Crippen LogP contribution in [0.3, 0.4) is 0 Å². The van der Waals surface area contributed by atoms with Crippen molar-refractivity contribution in [2.45, 2.75) is 40.3 Å². The van der Waals surface area contributed by atoms with Crippen molar-refractivity contribution >= 4 is 17.2 Å². The van der Waals surface area contributed by atoms with Gasteiger partial charge in [0.2, 0.25) is 0 Å². The maximum Gasteiger partial charge on any atom is 0.154 e. The summed E-state index contributed by atoms with van der Waals surface area (Å²) in [5.41, 5.74) is 13.0. The first-order valence-corrected chi connectivity index (χ1v) is 9.93. The molecule has 2 aromatic carbocycles. The fourth-order valence-corrected chi connectivity index (χ4v) is 3.33. The van der Waals surface area contributed by atoms with Crippen LogP contribution >= 0.6 is 0 Å². The molecule has 3 rings (SSSR count). The number of rotatable bonds is 8. The number of nitrogens with one attached hydrogen (secondary N) is 1. The molecule has 0 atom stereocenters. The standard InChI is InChI=1S/C24H30N4/c1-4-15-26-23-18(2)19(3)27-24(22(23)25)28(16-20-11-7-5-8-12-20)17-21-13-9-6-10-14-21/h5-14H,4,15-17,25H2,1-3H3,(H,26,27). The van der Waals surface area contributed by atoms with E-state index in [1.165, 1.54) is 11.1 Å². The van der Waals surface area contributed by atoms with Crippen molar-refractivity contribution in [1.82, 2.24) is 4.98 Å². The van der Waals surface area contributed by atoms with Crippen LogP contribution in [0.1, 0.15) is 35.7 Å². The van der Waals surface area contributed by atoms with Gasteiger partial charge in [0.1, 0.15) is 0 Å². The summed E-state index contributed by atoms with van der Waals surface area (Å²) in [7, 11) is 0. The van der Waals surface area contributed by atoms with Gasteiger partial charge in [-0.15, -0.1) is 0 Å². The molecule has 0 aliphatic heterocycles. The van der Waals surface area contributed by atoms with Gasteiger partial charge in [0, 0.05) is 25.3 Å². The smallest absolute Gasteiger partial charge is 0.154 e. The zero-order chi connectivity index (χ0) is 19.9. The van der Waals surface area contributed by atoms with Crippen LogP contribution in [0.5, 0.6) is 0 Å². The van der Waals surface area contributed by atoms with Crippen LogP contribution in [0, 0.1) is 13.8 Å². The Morgan fingerprint density at radius 1 is 0.893 bits per heavy atom. The van der Waals surface area contributed by atoms with E-state index in [0.717, 1.165) is 54.5 Å². The minimum absolute atomic E-state index is 0.725. The van der Waals surface area contributed by atoms with Crippen LogP contribution in [0.15, 0.2) is 60.7 Å². The minimum atomic E-state index is 0.725. The molecule has 3 N–H and O–H groups in total. The van der Waals surface area contributed by atoms with Crippen molar-refractivity contribution in [2.75, 3.05) is 22.5 Å². The molecular formula is C24H30N4. The molecule has 146 valence electrons. The van der Waals surface area contributed by atoms with Gasteiger partial charge in [-0.3, -0.25) is 0 Å². The molecule has 0 radical (unpaired) electrons. The van der Waals surface area contributed by atoms with Gasteiger partial charge in [0.25, 0.3) is 0 Å². The van der Waals surface area contributed by atoms with Crippen molar-refractivity contribution in [3.05, 3.63) is 83.0 Å². The lowest BCUT2D eigenvalue weighted by atomic mass is 10.1. The minimum Gasteiger partial charge on any atom is -0.394 e. The van der Waals surface area contributed by atoms with Crippen molar-refractivity contribution in [3.8, 4) is 0 Å². The van der Waals surface area contributed by atoms with E-state index < -0.39 is 0 Å². The molecule has 28 heavy (non-hydrogen) atoms. The third-order valence-corrected chi connectivity index (χ3v) is 4.99. The summed E-state index contributed by atoms with van der Waals surface area (Å²) in [5.74, 6) is 0.842. The van der Waals surface area contributed by atoms with Gasteiger partial charge in [-0.2, -0.15) is 0 Å². The van der Waals surface area contributed by atoms with Crippen molar-refractivity contribution in [1.29, 1.82) is 0 Å². The van der Waals surface area contributed by atoms with Gasteiger partial charge >= 0.3 is 0 Å². The van der Waals surface area contributed by atoms with Gasteiger partial charge in [-0.05, 0) is 37.0 Å². The highest BCUT2D eigenvalue weighted by molar-refractivity contribution is 5.81. The Morgan fingerprint density at radius 2 is 1.43 bits per heavy atom. The monoisotopic (exact) mass is 374 g/mol. The van der Waals surface area contributed by atoms with Crippen LogP contribution in [0.25, 0.3) is 0 Å². The van der Waals surface area contributed by atoms with Crippen LogP contribution < -0.4 is 16.0 Å². The number of nitrogens with two attached hydrogens (primary N) is 1. The molecular weight excluding hydrogens is 344 g/mol. The fourth-order valence-electron chi connectivity index (χ4n) is 3.33. The molecule has 0 bridgehead atoms. The second kappa shape index (κ2) is 9.27. The molecule has 1 aromatic heterocycles. The number of benzene rings is 2. The number of aryl methyl sites for hydroxylation is 1. The summed E-state index contributed by atoms with van der Waals surface area (Å²) >= 11 is 0. The SMILES string of the molecule is CCCNc1c(C)c(C)nc(N(Cc2ccccc2)Cc2ccccc2)c1N. The number of nitrogens with zero attached hydrogens (tertiary/aromatic N) is 2. The highest BCUT2D eigenvalue weighted by atomic mass is 15.2. The molecule has 4 heteroatoms. The van der Waals surface area contributed by atoms with Crippen LogP contribution in [-0.2, 0) is 13.1 Å². The van der Waals surface area contributed by atoms with E-state index in [4.69, 9.17) is 10.7 Å². The van der Waals surface area contributed by atoms with Gasteiger partial charge in [-0.1, -0.05) is 67.6 Å². The summed E-state index contributed by atoms with van der Waals surface area (Å²) in [4.78, 5) is 7.16. The Balaban J connectivity index is 2.02. The largest absolute Gasteiger partial charge is 0.394 e. The lowest BCUT2D eigenvalue weighted by Crippen LogP contribution is -2.25. The van der Waals surface area contributed by atoms with E-state index in [0.29, 0.717) is 0 Å². The summed E-state index contributed by atoms with van der Waals surface area (Å²) in [6, 6.07) is 20.9. The predicted molar refractivity (Wildman–Crippen MR) is 120 cm³/mol. The zero-order valence-electron chi connectivity index (χ0n) is 17.1. The molecule has 0 saturated carbocycles. The third kappa shape index (κ3) is 4.63. The Hall–Kier alpha value is -3.01. The molecule has 1 heterocycles. The topological polar surface area (TPSA) is 54.2 Å². The summed E-state index contributed by atoms with van der Waals surface area (Å²) in [6.45, 7) is 8.69. The number of aromatic nitrogens is 1. The molecule has 0 aliphatic rings. The van der Waals surface area contributed by atoms with E-state index in [9.17, 15) is 0 Å². The summed E-state index contributed by atoms with van der Waals surface area (Å²) in [5, 5.41) is 3.50. The molecule has 0 unspecified atom stereocenters. The molecule has 0 saturated heterocycles. The Labute approximate surface area is 168 Å². The number of pyridine rings is 1. The molecule has 3 aromatic rings. The Bertz CT molecular complexity index is 850. The van der Waals surface area contributed by atoms with Crippen LogP contribution in [0.4, 0.5) is 17.2 Å². The second-order valence-electron chi connectivity index (χ2n) is 7.19. The summed E-state index contributed by atoms with van der Waals surface area (Å²) in [6.07, 6.45) is 1.05. The first-order valence-electron chi connectivity index (χ1n) is 9.93. The van der Waals surface area contributed by atoms with Crippen LogP contribution in [0.2, 0.25) is 0 Å². The Kier molecular flexibility index (Phi) is 6.53. The third-order valence-electron chi connectivity index (χ3n) is 4.99. The quantitative estimate of drug-likeness (QED) is 0.561. The summed E-state index contributed by atoms with van der Waals surface area (Å²) < 4.78 is 0. The van der Waals surface area contributed by atoms with Gasteiger partial charge < -0.3 is 16.0 Å². The van der Waals surface area contributed by atoms with Crippen molar-refractivity contribution < 1.29 is 0 Å². The Morgan fingerprint density at radius 3 is 1.93 bits per heavy atom. The van der Waals surface area contributed by atoms with E-state index in [1.807, 2.05) is 12.1 Å². The first-order chi connectivity index (χ1) is 13.6. The average Bonchev–Trinajstić information content (AvgIpc) is 2.72. The van der Waals surface area contributed by atoms with Gasteiger partial charge in [0.15, 0.2) is 5.82 Å². The average molecular weight is 375 g/mol. The number of anilines is 3. The molecule has 0 spiro atoms. The number of nitrogen functional groups attached to an aromatic ring is 1.